The maximum absolute atomic E-state index is 11.6. The third-order valence-corrected chi connectivity index (χ3v) is 3.33. The monoisotopic (exact) mass is 247 g/mol. The van der Waals surface area contributed by atoms with Gasteiger partial charge in [-0.25, -0.2) is 0 Å². The summed E-state index contributed by atoms with van der Waals surface area (Å²) in [5, 5.41) is 2.73. The van der Waals surface area contributed by atoms with E-state index in [9.17, 15) is 4.79 Å². The molecular formula is C16H25NO. The van der Waals surface area contributed by atoms with Crippen LogP contribution in [0.25, 0.3) is 0 Å². The van der Waals surface area contributed by atoms with Gasteiger partial charge in [0, 0.05) is 13.5 Å². The Labute approximate surface area is 111 Å². The molecule has 0 fully saturated rings. The number of hydrogen-bond donors (Lipinski definition) is 1. The van der Waals surface area contributed by atoms with Gasteiger partial charge in [-0.1, -0.05) is 37.6 Å². The van der Waals surface area contributed by atoms with Gasteiger partial charge >= 0.3 is 0 Å². The van der Waals surface area contributed by atoms with Crippen molar-refractivity contribution in [3.63, 3.8) is 0 Å². The lowest BCUT2D eigenvalue weighted by molar-refractivity contribution is -0.121. The largest absolute Gasteiger partial charge is 0.359 e. The van der Waals surface area contributed by atoms with Crippen molar-refractivity contribution >= 4 is 5.91 Å². The van der Waals surface area contributed by atoms with Crippen LogP contribution in [-0.4, -0.2) is 13.0 Å². The first kappa shape index (κ1) is 14.7. The number of benzene rings is 1. The van der Waals surface area contributed by atoms with Crippen LogP contribution in [0.3, 0.4) is 0 Å². The molecular weight excluding hydrogens is 222 g/mol. The molecule has 0 spiro atoms. The van der Waals surface area contributed by atoms with Crippen LogP contribution in [0.4, 0.5) is 0 Å². The maximum Gasteiger partial charge on any atom is 0.220 e. The lowest BCUT2D eigenvalue weighted by Gasteiger charge is -2.21. The second kappa shape index (κ2) is 6.58. The van der Waals surface area contributed by atoms with Crippen LogP contribution in [0.5, 0.6) is 0 Å². The highest BCUT2D eigenvalue weighted by atomic mass is 16.1. The molecule has 0 aliphatic rings. The van der Waals surface area contributed by atoms with Crippen LogP contribution < -0.4 is 5.32 Å². The molecule has 1 amide bonds. The van der Waals surface area contributed by atoms with Crippen molar-refractivity contribution in [2.75, 3.05) is 7.05 Å². The van der Waals surface area contributed by atoms with Crippen LogP contribution >= 0.6 is 0 Å². The Morgan fingerprint density at radius 1 is 1.28 bits per heavy atom. The molecule has 0 aromatic heterocycles. The Morgan fingerprint density at radius 3 is 2.44 bits per heavy atom. The molecule has 1 N–H and O–H groups in total. The zero-order chi connectivity index (χ0) is 13.7. The lowest BCUT2D eigenvalue weighted by Crippen LogP contribution is -2.21. The summed E-state index contributed by atoms with van der Waals surface area (Å²) in [4.78, 5) is 11.6. The minimum absolute atomic E-state index is 0.126. The van der Waals surface area contributed by atoms with E-state index in [1.54, 1.807) is 7.05 Å². The molecule has 1 aromatic carbocycles. The van der Waals surface area contributed by atoms with Gasteiger partial charge < -0.3 is 5.32 Å². The smallest absolute Gasteiger partial charge is 0.220 e. The van der Waals surface area contributed by atoms with Crippen molar-refractivity contribution in [2.24, 2.45) is 5.92 Å². The van der Waals surface area contributed by atoms with E-state index in [0.717, 1.165) is 6.42 Å². The van der Waals surface area contributed by atoms with Gasteiger partial charge in [-0.05, 0) is 43.2 Å². The van der Waals surface area contributed by atoms with Gasteiger partial charge in [0.15, 0.2) is 0 Å². The Kier molecular flexibility index (Phi) is 5.39. The standard InChI is InChI=1S/C16H25NO/c1-11(2)8-14(10-16(18)17-5)15-7-6-12(3)9-13(15)4/h6-7,9,11,14H,8,10H2,1-5H3,(H,17,18). The fraction of sp³-hybridized carbons (Fsp3) is 0.562. The quantitative estimate of drug-likeness (QED) is 0.846. The first-order valence-electron chi connectivity index (χ1n) is 6.71. The summed E-state index contributed by atoms with van der Waals surface area (Å²) in [6.45, 7) is 8.66. The van der Waals surface area contributed by atoms with Gasteiger partial charge in [0.1, 0.15) is 0 Å². The number of hydrogen-bond acceptors (Lipinski definition) is 1. The van der Waals surface area contributed by atoms with Crippen molar-refractivity contribution < 1.29 is 4.79 Å². The third-order valence-electron chi connectivity index (χ3n) is 3.33. The van der Waals surface area contributed by atoms with E-state index >= 15 is 0 Å². The molecule has 0 aliphatic heterocycles. The normalized spacial score (nSPS) is 12.6. The maximum atomic E-state index is 11.6. The summed E-state index contributed by atoms with van der Waals surface area (Å²) in [6.07, 6.45) is 1.63. The lowest BCUT2D eigenvalue weighted by atomic mass is 9.85. The summed E-state index contributed by atoms with van der Waals surface area (Å²) >= 11 is 0. The predicted molar refractivity (Wildman–Crippen MR) is 76.8 cm³/mol. The summed E-state index contributed by atoms with van der Waals surface area (Å²) in [6, 6.07) is 6.52. The van der Waals surface area contributed by atoms with Crippen molar-refractivity contribution in [3.8, 4) is 0 Å². The van der Waals surface area contributed by atoms with Crippen molar-refractivity contribution in [3.05, 3.63) is 34.9 Å². The van der Waals surface area contributed by atoms with Gasteiger partial charge in [-0.15, -0.1) is 0 Å². The minimum Gasteiger partial charge on any atom is -0.359 e. The number of nitrogens with one attached hydrogen (secondary N) is 1. The SMILES string of the molecule is CNC(=O)CC(CC(C)C)c1ccc(C)cc1C. The molecule has 0 bridgehead atoms. The molecule has 2 nitrogen and oxygen atoms in total. The molecule has 1 rings (SSSR count). The average molecular weight is 247 g/mol. The second-order valence-electron chi connectivity index (χ2n) is 5.56. The molecule has 100 valence electrons. The predicted octanol–water partition coefficient (Wildman–Crippen LogP) is 3.57. The van der Waals surface area contributed by atoms with E-state index in [1.165, 1.54) is 16.7 Å². The topological polar surface area (TPSA) is 29.1 Å². The minimum atomic E-state index is 0.126. The first-order valence-corrected chi connectivity index (χ1v) is 6.71. The van der Waals surface area contributed by atoms with Gasteiger partial charge in [0.25, 0.3) is 0 Å². The molecule has 0 radical (unpaired) electrons. The van der Waals surface area contributed by atoms with E-state index in [0.29, 0.717) is 18.3 Å². The van der Waals surface area contributed by atoms with Crippen LogP contribution in [0.2, 0.25) is 0 Å². The van der Waals surface area contributed by atoms with E-state index in [1.807, 2.05) is 0 Å². The Morgan fingerprint density at radius 2 is 1.94 bits per heavy atom. The first-order chi connectivity index (χ1) is 8.43. The fourth-order valence-corrected chi connectivity index (χ4v) is 2.50. The molecule has 0 saturated heterocycles. The number of rotatable bonds is 5. The Bertz CT molecular complexity index is 410. The number of amides is 1. The number of carbonyl (C=O) groups is 1. The molecule has 1 unspecified atom stereocenters. The molecule has 0 aliphatic carbocycles. The second-order valence-corrected chi connectivity index (χ2v) is 5.56. The average Bonchev–Trinajstić information content (AvgIpc) is 2.27. The van der Waals surface area contributed by atoms with Crippen LogP contribution in [0.15, 0.2) is 18.2 Å². The summed E-state index contributed by atoms with van der Waals surface area (Å²) in [5.74, 6) is 1.05. The van der Waals surface area contributed by atoms with Gasteiger partial charge in [0.05, 0.1) is 0 Å². The molecule has 18 heavy (non-hydrogen) atoms. The zero-order valence-electron chi connectivity index (χ0n) is 12.2. The van der Waals surface area contributed by atoms with Crippen molar-refractivity contribution in [2.45, 2.75) is 46.5 Å². The summed E-state index contributed by atoms with van der Waals surface area (Å²) in [5.41, 5.74) is 3.89. The van der Waals surface area contributed by atoms with Crippen molar-refractivity contribution in [1.29, 1.82) is 0 Å². The third kappa shape index (κ3) is 4.17. The van der Waals surface area contributed by atoms with Crippen molar-refractivity contribution in [1.82, 2.24) is 5.32 Å². The summed E-state index contributed by atoms with van der Waals surface area (Å²) < 4.78 is 0. The van der Waals surface area contributed by atoms with E-state index in [2.05, 4.69) is 51.2 Å². The van der Waals surface area contributed by atoms with E-state index in [-0.39, 0.29) is 5.91 Å². The zero-order valence-corrected chi connectivity index (χ0v) is 12.2. The van der Waals surface area contributed by atoms with E-state index < -0.39 is 0 Å². The summed E-state index contributed by atoms with van der Waals surface area (Å²) in [7, 11) is 1.71. The highest BCUT2D eigenvalue weighted by molar-refractivity contribution is 5.76. The highest BCUT2D eigenvalue weighted by Crippen LogP contribution is 2.30. The van der Waals surface area contributed by atoms with E-state index in [4.69, 9.17) is 0 Å². The molecule has 0 heterocycles. The van der Waals surface area contributed by atoms with Gasteiger partial charge in [-0.3, -0.25) is 4.79 Å². The fourth-order valence-electron chi connectivity index (χ4n) is 2.50. The molecule has 0 saturated carbocycles. The van der Waals surface area contributed by atoms with Crippen LogP contribution in [-0.2, 0) is 4.79 Å². The number of aryl methyl sites for hydroxylation is 2. The van der Waals surface area contributed by atoms with Gasteiger partial charge in [0.2, 0.25) is 5.91 Å². The highest BCUT2D eigenvalue weighted by Gasteiger charge is 2.18. The Balaban J connectivity index is 2.97. The van der Waals surface area contributed by atoms with Gasteiger partial charge in [-0.2, -0.15) is 0 Å². The van der Waals surface area contributed by atoms with Crippen LogP contribution in [0.1, 0.15) is 49.3 Å². The Hall–Kier alpha value is -1.31. The molecule has 2 heteroatoms. The van der Waals surface area contributed by atoms with Crippen LogP contribution in [0, 0.1) is 19.8 Å². The number of carbonyl (C=O) groups excluding carboxylic acids is 1. The molecule has 1 atom stereocenters. The molecule has 1 aromatic rings.